The summed E-state index contributed by atoms with van der Waals surface area (Å²) in [5.41, 5.74) is 1.31. The summed E-state index contributed by atoms with van der Waals surface area (Å²) in [6.07, 6.45) is 32.3. The third-order valence-corrected chi connectivity index (χ3v) is 8.77. The second-order valence-corrected chi connectivity index (χ2v) is 11.3. The van der Waals surface area contributed by atoms with E-state index in [9.17, 15) is 0 Å². The van der Waals surface area contributed by atoms with Crippen LogP contribution in [-0.4, -0.2) is 9.97 Å². The lowest BCUT2D eigenvalue weighted by atomic mass is 9.68. The van der Waals surface area contributed by atoms with Crippen molar-refractivity contribution in [2.24, 2.45) is 23.7 Å². The molecule has 32 heavy (non-hydrogen) atoms. The van der Waals surface area contributed by atoms with Gasteiger partial charge in [0.05, 0.1) is 0 Å². The van der Waals surface area contributed by atoms with Crippen molar-refractivity contribution in [1.82, 2.24) is 9.97 Å². The van der Waals surface area contributed by atoms with Crippen LogP contribution in [0.1, 0.15) is 141 Å². The Kier molecular flexibility index (Phi) is 12.1. The number of unbranched alkanes of at least 4 members (excludes halogenated alkanes) is 6. The van der Waals surface area contributed by atoms with E-state index in [2.05, 4.69) is 36.2 Å². The Balaban J connectivity index is 1.26. The normalized spacial score (nSPS) is 26.3. The Morgan fingerprint density at radius 2 is 1.12 bits per heavy atom. The number of nitrogens with zero attached hydrogens (tertiary/aromatic N) is 2. The van der Waals surface area contributed by atoms with E-state index in [1.165, 1.54) is 121 Å². The first kappa shape index (κ1) is 25.7. The lowest BCUT2D eigenvalue weighted by Crippen LogP contribution is -2.26. The Morgan fingerprint density at radius 3 is 1.72 bits per heavy atom. The highest BCUT2D eigenvalue weighted by Gasteiger charge is 2.30. The van der Waals surface area contributed by atoms with E-state index >= 15 is 0 Å². The molecule has 3 rings (SSSR count). The minimum absolute atomic E-state index is 0.915. The summed E-state index contributed by atoms with van der Waals surface area (Å²) in [6, 6.07) is 0. The van der Waals surface area contributed by atoms with Crippen molar-refractivity contribution in [2.45, 2.75) is 142 Å². The maximum atomic E-state index is 4.66. The van der Waals surface area contributed by atoms with Crippen LogP contribution in [0.4, 0.5) is 0 Å². The van der Waals surface area contributed by atoms with Crippen molar-refractivity contribution in [2.75, 3.05) is 0 Å². The van der Waals surface area contributed by atoms with Gasteiger partial charge in [0, 0.05) is 18.8 Å². The first-order valence-electron chi connectivity index (χ1n) is 14.6. The zero-order valence-corrected chi connectivity index (χ0v) is 21.5. The molecule has 2 fully saturated rings. The van der Waals surface area contributed by atoms with E-state index in [0.717, 1.165) is 42.3 Å². The quantitative estimate of drug-likeness (QED) is 0.269. The number of aromatic nitrogens is 2. The molecule has 0 radical (unpaired) electrons. The molecular formula is C30H52N2. The largest absolute Gasteiger partial charge is 0.241 e. The Bertz CT molecular complexity index is 579. The van der Waals surface area contributed by atoms with E-state index in [4.69, 9.17) is 0 Å². The fourth-order valence-electron chi connectivity index (χ4n) is 6.49. The van der Waals surface area contributed by atoms with Crippen molar-refractivity contribution in [1.29, 1.82) is 0 Å². The molecule has 2 heteroatoms. The molecule has 0 atom stereocenters. The Morgan fingerprint density at radius 1 is 0.594 bits per heavy atom. The van der Waals surface area contributed by atoms with Crippen LogP contribution in [0.25, 0.3) is 0 Å². The van der Waals surface area contributed by atoms with Crippen LogP contribution in [-0.2, 0) is 12.8 Å². The summed E-state index contributed by atoms with van der Waals surface area (Å²) in [7, 11) is 0. The maximum Gasteiger partial charge on any atom is 0.128 e. The van der Waals surface area contributed by atoms with Gasteiger partial charge in [0.1, 0.15) is 5.82 Å². The summed E-state index contributed by atoms with van der Waals surface area (Å²) >= 11 is 0. The van der Waals surface area contributed by atoms with E-state index in [-0.39, 0.29) is 0 Å². The van der Waals surface area contributed by atoms with Crippen molar-refractivity contribution < 1.29 is 0 Å². The van der Waals surface area contributed by atoms with Crippen molar-refractivity contribution in [3.63, 3.8) is 0 Å². The lowest BCUT2D eigenvalue weighted by Gasteiger charge is -2.38. The molecule has 1 aromatic rings. The topological polar surface area (TPSA) is 25.8 Å². The second kappa shape index (κ2) is 15.1. The average molecular weight is 441 g/mol. The van der Waals surface area contributed by atoms with Gasteiger partial charge in [-0.1, -0.05) is 90.9 Å². The Hall–Kier alpha value is -0.920. The molecule has 182 valence electrons. The fraction of sp³-hybridized carbons (Fsp3) is 0.867. The Labute approximate surface area is 199 Å². The third kappa shape index (κ3) is 9.14. The van der Waals surface area contributed by atoms with Gasteiger partial charge in [0.15, 0.2) is 0 Å². The molecular weight excluding hydrogens is 388 g/mol. The molecule has 0 N–H and O–H groups in total. The monoisotopic (exact) mass is 440 g/mol. The van der Waals surface area contributed by atoms with Gasteiger partial charge in [0.2, 0.25) is 0 Å². The number of hydrogen-bond donors (Lipinski definition) is 0. The van der Waals surface area contributed by atoms with Gasteiger partial charge >= 0.3 is 0 Å². The molecule has 0 aliphatic heterocycles. The van der Waals surface area contributed by atoms with Crippen LogP contribution < -0.4 is 0 Å². The van der Waals surface area contributed by atoms with Crippen LogP contribution in [0.5, 0.6) is 0 Å². The van der Waals surface area contributed by atoms with E-state index < -0.39 is 0 Å². The zero-order valence-electron chi connectivity index (χ0n) is 21.5. The standard InChI is InChI=1S/C30H52N2/c1-3-5-7-8-10-11-25-13-18-28(19-14-25)29-20-15-26(16-21-29)17-22-30-31-23-27(24-32-30)12-9-6-4-2/h23-26,28-29H,3-22H2,1-2H3. The van der Waals surface area contributed by atoms with Gasteiger partial charge in [0.25, 0.3) is 0 Å². The van der Waals surface area contributed by atoms with E-state index in [1.54, 1.807) is 0 Å². The summed E-state index contributed by atoms with van der Waals surface area (Å²) in [6.45, 7) is 4.58. The lowest BCUT2D eigenvalue weighted by molar-refractivity contribution is 0.140. The molecule has 0 amide bonds. The molecule has 2 saturated carbocycles. The van der Waals surface area contributed by atoms with Gasteiger partial charge in [-0.2, -0.15) is 0 Å². The highest BCUT2D eigenvalue weighted by Crippen LogP contribution is 2.43. The van der Waals surface area contributed by atoms with Crippen LogP contribution in [0.15, 0.2) is 12.4 Å². The summed E-state index contributed by atoms with van der Waals surface area (Å²) in [5.74, 6) is 5.13. The first-order chi connectivity index (χ1) is 15.8. The van der Waals surface area contributed by atoms with Gasteiger partial charge < -0.3 is 0 Å². The van der Waals surface area contributed by atoms with Crippen LogP contribution >= 0.6 is 0 Å². The van der Waals surface area contributed by atoms with E-state index in [1.807, 2.05) is 0 Å². The average Bonchev–Trinajstić information content (AvgIpc) is 2.84. The van der Waals surface area contributed by atoms with Gasteiger partial charge in [-0.25, -0.2) is 9.97 Å². The smallest absolute Gasteiger partial charge is 0.128 e. The predicted octanol–water partition coefficient (Wildman–Crippen LogP) is 9.12. The fourth-order valence-corrected chi connectivity index (χ4v) is 6.49. The minimum Gasteiger partial charge on any atom is -0.241 e. The van der Waals surface area contributed by atoms with Crippen LogP contribution in [0, 0.1) is 23.7 Å². The molecule has 0 bridgehead atoms. The molecule has 1 heterocycles. The summed E-state index contributed by atoms with van der Waals surface area (Å²) in [5, 5.41) is 0. The predicted molar refractivity (Wildman–Crippen MR) is 138 cm³/mol. The number of rotatable bonds is 14. The number of aryl methyl sites for hydroxylation is 2. The molecule has 0 unspecified atom stereocenters. The highest BCUT2D eigenvalue weighted by molar-refractivity contribution is 5.05. The molecule has 0 saturated heterocycles. The molecule has 2 aliphatic carbocycles. The SMILES string of the molecule is CCCCCCCC1CCC(C2CCC(CCc3ncc(CCCCC)cn3)CC2)CC1. The highest BCUT2D eigenvalue weighted by atomic mass is 14.9. The summed E-state index contributed by atoms with van der Waals surface area (Å²) in [4.78, 5) is 9.32. The van der Waals surface area contributed by atoms with Crippen LogP contribution in [0.2, 0.25) is 0 Å². The second-order valence-electron chi connectivity index (χ2n) is 11.3. The van der Waals surface area contributed by atoms with Gasteiger partial charge in [-0.05, 0) is 74.2 Å². The zero-order chi connectivity index (χ0) is 22.4. The third-order valence-electron chi connectivity index (χ3n) is 8.77. The van der Waals surface area contributed by atoms with Gasteiger partial charge in [-0.15, -0.1) is 0 Å². The molecule has 0 spiro atoms. The van der Waals surface area contributed by atoms with Crippen LogP contribution in [0.3, 0.4) is 0 Å². The van der Waals surface area contributed by atoms with Crippen molar-refractivity contribution >= 4 is 0 Å². The summed E-state index contributed by atoms with van der Waals surface area (Å²) < 4.78 is 0. The van der Waals surface area contributed by atoms with E-state index in [0.29, 0.717) is 0 Å². The first-order valence-corrected chi connectivity index (χ1v) is 14.6. The molecule has 0 aromatic carbocycles. The van der Waals surface area contributed by atoms with Gasteiger partial charge in [-0.3, -0.25) is 0 Å². The molecule has 1 aromatic heterocycles. The minimum atomic E-state index is 0.915. The molecule has 2 nitrogen and oxygen atoms in total. The number of hydrogen-bond acceptors (Lipinski definition) is 2. The van der Waals surface area contributed by atoms with Crippen molar-refractivity contribution in [3.05, 3.63) is 23.8 Å². The molecule has 2 aliphatic rings. The maximum absolute atomic E-state index is 4.66. The van der Waals surface area contributed by atoms with Crippen molar-refractivity contribution in [3.8, 4) is 0 Å².